The molecule has 0 aromatic carbocycles. The van der Waals surface area contributed by atoms with Gasteiger partial charge in [0.2, 0.25) is 0 Å². The van der Waals surface area contributed by atoms with Crippen LogP contribution in [0, 0.1) is 0 Å². The number of aldehydes is 2. The van der Waals surface area contributed by atoms with Crippen molar-refractivity contribution in [2.75, 3.05) is 0 Å². The molecule has 7 heteroatoms. The molecule has 0 rings (SSSR count). The second-order valence-electron chi connectivity index (χ2n) is 1.49. The molecule has 0 atom stereocenters. The normalized spacial score (nSPS) is 7.58. The quantitative estimate of drug-likeness (QED) is 0.282. The molecule has 0 bridgehead atoms. The minimum absolute atomic E-state index is 0. The molecule has 12 heavy (non-hydrogen) atoms. The Bertz CT molecular complexity index is 117. The van der Waals surface area contributed by atoms with Gasteiger partial charge in [0.25, 0.3) is 11.4 Å². The summed E-state index contributed by atoms with van der Waals surface area (Å²) in [6, 6.07) is 0. The van der Waals surface area contributed by atoms with Gasteiger partial charge in [-0.3, -0.25) is 9.11 Å². The maximum absolute atomic E-state index is 9.56. The van der Waals surface area contributed by atoms with Gasteiger partial charge in [0.05, 0.1) is 0 Å². The molecule has 0 aliphatic carbocycles. The molecule has 0 aliphatic heterocycles. The van der Waals surface area contributed by atoms with Crippen molar-refractivity contribution in [3.63, 3.8) is 0 Å². The maximum atomic E-state index is 9.56. The fourth-order valence-corrected chi connectivity index (χ4v) is 0.285. The molecule has 0 radical (unpaired) electrons. The second-order valence-corrected chi connectivity index (χ2v) is 1.96. The molecule has 5 nitrogen and oxygen atoms in total. The van der Waals surface area contributed by atoms with Crippen molar-refractivity contribution in [1.29, 1.82) is 0 Å². The summed E-state index contributed by atoms with van der Waals surface area (Å²) in [6.07, 6.45) is 3.37. The van der Waals surface area contributed by atoms with Crippen LogP contribution in [0.3, 0.4) is 0 Å². The summed E-state index contributed by atoms with van der Waals surface area (Å²) in [5.41, 5.74) is 0. The first-order valence-corrected chi connectivity index (χ1v) is 3.88. The zero-order valence-electron chi connectivity index (χ0n) is 5.80. The van der Waals surface area contributed by atoms with E-state index >= 15 is 0 Å². The fraction of sp³-hybridized carbons (Fsp3) is 0.600. The van der Waals surface area contributed by atoms with E-state index in [1.54, 1.807) is 0 Å². The van der Waals surface area contributed by atoms with Crippen LogP contribution in [-0.2, 0) is 21.0 Å². The number of unbranched alkanes of at least 4 members (excludes halogenated alkanes) is 2. The number of carbonyl (C=O) groups excluding carboxylic acids is 2. The van der Waals surface area contributed by atoms with Crippen LogP contribution in [-0.4, -0.2) is 55.4 Å². The van der Waals surface area contributed by atoms with E-state index in [4.69, 9.17) is 13.3 Å². The third kappa shape index (κ3) is 47.4. The third-order valence-electron chi connectivity index (χ3n) is 0.644. The standard InChI is InChI=1S/C5H8O2.Na.H2O3S.H/c6-4-2-1-3-5-7;;1-4(2)3;/h4-5H,1-3H2;;(H2,1,2,3);. The average molecular weight is 206 g/mol. The zero-order valence-corrected chi connectivity index (χ0v) is 6.62. The van der Waals surface area contributed by atoms with Gasteiger partial charge in [-0.1, -0.05) is 0 Å². The van der Waals surface area contributed by atoms with Gasteiger partial charge in [-0.2, -0.15) is 4.21 Å². The van der Waals surface area contributed by atoms with E-state index in [2.05, 4.69) is 0 Å². The Morgan fingerprint density at radius 1 is 1.08 bits per heavy atom. The predicted molar refractivity (Wildman–Crippen MR) is 46.5 cm³/mol. The van der Waals surface area contributed by atoms with Crippen LogP contribution >= 0.6 is 0 Å². The molecule has 0 unspecified atom stereocenters. The van der Waals surface area contributed by atoms with Crippen LogP contribution in [0.5, 0.6) is 0 Å². The van der Waals surface area contributed by atoms with Gasteiger partial charge in [0.15, 0.2) is 0 Å². The molecular formula is C5H11NaO5S. The molecule has 68 valence electrons. The monoisotopic (exact) mass is 206 g/mol. The molecule has 0 aromatic heterocycles. The molecule has 0 saturated heterocycles. The minimum atomic E-state index is -2.61. The molecule has 0 fully saturated rings. The van der Waals surface area contributed by atoms with Gasteiger partial charge < -0.3 is 9.59 Å². The van der Waals surface area contributed by atoms with Crippen molar-refractivity contribution in [2.24, 2.45) is 0 Å². The van der Waals surface area contributed by atoms with Crippen molar-refractivity contribution in [1.82, 2.24) is 0 Å². The SMILES string of the molecule is O=CCCCC=O.O=S(O)O.[NaH]. The number of hydrogen-bond acceptors (Lipinski definition) is 3. The van der Waals surface area contributed by atoms with Crippen LogP contribution in [0.15, 0.2) is 0 Å². The van der Waals surface area contributed by atoms with E-state index in [9.17, 15) is 9.59 Å². The first-order valence-electron chi connectivity index (χ1n) is 2.82. The van der Waals surface area contributed by atoms with Crippen LogP contribution in [0.4, 0.5) is 0 Å². The van der Waals surface area contributed by atoms with Crippen molar-refractivity contribution in [3.05, 3.63) is 0 Å². The average Bonchev–Trinajstić information content (AvgIpc) is 1.88. The van der Waals surface area contributed by atoms with Crippen LogP contribution in [0.2, 0.25) is 0 Å². The Hall–Kier alpha value is 0.410. The third-order valence-corrected chi connectivity index (χ3v) is 0.644. The summed E-state index contributed by atoms with van der Waals surface area (Å²) >= 11 is -2.61. The van der Waals surface area contributed by atoms with Crippen LogP contribution < -0.4 is 0 Å². The van der Waals surface area contributed by atoms with Crippen molar-refractivity contribution < 1.29 is 22.9 Å². The van der Waals surface area contributed by atoms with Gasteiger partial charge in [0, 0.05) is 12.8 Å². The van der Waals surface area contributed by atoms with Gasteiger partial charge in [-0.05, 0) is 6.42 Å². The Balaban J connectivity index is -0.000000142. The first-order chi connectivity index (χ1) is 5.15. The predicted octanol–water partition coefficient (Wildman–Crippen LogP) is -0.413. The van der Waals surface area contributed by atoms with E-state index in [1.807, 2.05) is 0 Å². The van der Waals surface area contributed by atoms with E-state index in [-0.39, 0.29) is 29.6 Å². The molecule has 0 heterocycles. The molecule has 0 aromatic rings. The molecule has 0 saturated carbocycles. The van der Waals surface area contributed by atoms with Gasteiger partial charge in [-0.25, -0.2) is 0 Å². The molecule has 0 amide bonds. The molecule has 0 aliphatic rings. The Kier molecular flexibility index (Phi) is 26.6. The fourth-order valence-electron chi connectivity index (χ4n) is 0.285. The van der Waals surface area contributed by atoms with Gasteiger partial charge in [-0.15, -0.1) is 0 Å². The summed E-state index contributed by atoms with van der Waals surface area (Å²) in [6.45, 7) is 0. The van der Waals surface area contributed by atoms with Gasteiger partial charge in [0.1, 0.15) is 12.6 Å². The Labute approximate surface area is 95.3 Å². The number of rotatable bonds is 4. The topological polar surface area (TPSA) is 91.7 Å². The van der Waals surface area contributed by atoms with E-state index in [0.717, 1.165) is 12.6 Å². The van der Waals surface area contributed by atoms with E-state index in [1.165, 1.54) is 0 Å². The van der Waals surface area contributed by atoms with Crippen molar-refractivity contribution >= 4 is 53.5 Å². The second kappa shape index (κ2) is 17.5. The molecular weight excluding hydrogens is 195 g/mol. The Morgan fingerprint density at radius 3 is 1.50 bits per heavy atom. The summed E-state index contributed by atoms with van der Waals surface area (Å²) in [5, 5.41) is 0. The summed E-state index contributed by atoms with van der Waals surface area (Å²) < 4.78 is 22.8. The van der Waals surface area contributed by atoms with Crippen LogP contribution in [0.25, 0.3) is 0 Å². The number of hydrogen-bond donors (Lipinski definition) is 2. The first kappa shape index (κ1) is 18.2. The Morgan fingerprint density at radius 2 is 1.33 bits per heavy atom. The van der Waals surface area contributed by atoms with E-state index in [0.29, 0.717) is 19.3 Å². The van der Waals surface area contributed by atoms with Crippen molar-refractivity contribution in [3.8, 4) is 0 Å². The van der Waals surface area contributed by atoms with Gasteiger partial charge >= 0.3 is 29.6 Å². The van der Waals surface area contributed by atoms with Crippen molar-refractivity contribution in [2.45, 2.75) is 19.3 Å². The molecule has 2 N–H and O–H groups in total. The van der Waals surface area contributed by atoms with E-state index < -0.39 is 11.4 Å². The zero-order chi connectivity index (χ0) is 9.11. The summed E-state index contributed by atoms with van der Waals surface area (Å²) in [4.78, 5) is 19.1. The summed E-state index contributed by atoms with van der Waals surface area (Å²) in [5.74, 6) is 0. The van der Waals surface area contributed by atoms with Crippen LogP contribution in [0.1, 0.15) is 19.3 Å². The molecule has 0 spiro atoms. The summed E-state index contributed by atoms with van der Waals surface area (Å²) in [7, 11) is 0. The number of carbonyl (C=O) groups is 2.